The molecule has 1 aromatic heterocycles. The van der Waals surface area contributed by atoms with E-state index in [1.807, 2.05) is 23.5 Å². The molecule has 1 saturated heterocycles. The van der Waals surface area contributed by atoms with Crippen LogP contribution in [0.4, 0.5) is 0 Å². The normalized spacial score (nSPS) is 19.3. The first-order chi connectivity index (χ1) is 16.0. The van der Waals surface area contributed by atoms with Gasteiger partial charge in [0.1, 0.15) is 0 Å². The SMILES string of the molecule is COc1cc2c(cc1OC)CC(=O)N(CC1CCCN(CCCc3cc(C)sc3C)C1)CC2. The van der Waals surface area contributed by atoms with Crippen LogP contribution in [0.15, 0.2) is 18.2 Å². The Hall–Kier alpha value is -2.05. The number of thiophene rings is 1. The first-order valence-electron chi connectivity index (χ1n) is 12.3. The summed E-state index contributed by atoms with van der Waals surface area (Å²) < 4.78 is 10.9. The van der Waals surface area contributed by atoms with Gasteiger partial charge in [0, 0.05) is 29.4 Å². The number of fused-ring (bicyclic) bond motifs is 1. The number of carbonyl (C=O) groups excluding carboxylic acids is 1. The number of carbonyl (C=O) groups is 1. The van der Waals surface area contributed by atoms with E-state index in [2.05, 4.69) is 29.7 Å². The third kappa shape index (κ3) is 5.90. The van der Waals surface area contributed by atoms with Crippen LogP contribution >= 0.6 is 11.3 Å². The van der Waals surface area contributed by atoms with Crippen LogP contribution in [0.5, 0.6) is 11.5 Å². The lowest BCUT2D eigenvalue weighted by molar-refractivity contribution is -0.131. The van der Waals surface area contributed by atoms with Gasteiger partial charge < -0.3 is 19.3 Å². The van der Waals surface area contributed by atoms with E-state index in [4.69, 9.17) is 9.47 Å². The van der Waals surface area contributed by atoms with E-state index in [0.717, 1.165) is 43.9 Å². The standard InChI is InChI=1S/C27H38N2O3S/c1-19-13-22(20(2)33-19)8-6-11-28-10-5-7-21(17-28)18-29-12-9-23-14-25(31-3)26(32-4)15-24(23)16-27(29)30/h13-15,21H,5-12,16-18H2,1-4H3. The van der Waals surface area contributed by atoms with Crippen molar-refractivity contribution in [3.63, 3.8) is 0 Å². The van der Waals surface area contributed by atoms with Crippen molar-refractivity contribution in [2.45, 2.75) is 52.4 Å². The number of aryl methyl sites for hydroxylation is 3. The molecule has 2 aromatic rings. The van der Waals surface area contributed by atoms with Gasteiger partial charge in [0.15, 0.2) is 11.5 Å². The maximum Gasteiger partial charge on any atom is 0.227 e. The van der Waals surface area contributed by atoms with Crippen molar-refractivity contribution in [1.29, 1.82) is 0 Å². The van der Waals surface area contributed by atoms with Gasteiger partial charge in [-0.3, -0.25) is 4.79 Å². The Morgan fingerprint density at radius 2 is 1.82 bits per heavy atom. The Balaban J connectivity index is 1.30. The highest BCUT2D eigenvalue weighted by atomic mass is 32.1. The van der Waals surface area contributed by atoms with Crippen LogP contribution in [0.3, 0.4) is 0 Å². The van der Waals surface area contributed by atoms with Gasteiger partial charge in [-0.2, -0.15) is 0 Å². The molecule has 0 radical (unpaired) electrons. The van der Waals surface area contributed by atoms with Gasteiger partial charge >= 0.3 is 0 Å². The van der Waals surface area contributed by atoms with Crippen molar-refractivity contribution in [3.05, 3.63) is 44.6 Å². The topological polar surface area (TPSA) is 42.0 Å². The van der Waals surface area contributed by atoms with E-state index in [9.17, 15) is 4.79 Å². The summed E-state index contributed by atoms with van der Waals surface area (Å²) in [6.45, 7) is 9.56. The molecule has 0 spiro atoms. The molecule has 1 fully saturated rings. The largest absolute Gasteiger partial charge is 0.493 e. The zero-order valence-electron chi connectivity index (χ0n) is 20.6. The zero-order valence-corrected chi connectivity index (χ0v) is 21.4. The summed E-state index contributed by atoms with van der Waals surface area (Å²) in [6.07, 6.45) is 6.16. The average molecular weight is 471 g/mol. The van der Waals surface area contributed by atoms with Gasteiger partial charge in [-0.05, 0) is 99.8 Å². The quantitative estimate of drug-likeness (QED) is 0.563. The Labute approximate surface area is 202 Å². The average Bonchev–Trinajstić information content (AvgIpc) is 3.04. The monoisotopic (exact) mass is 470 g/mol. The molecule has 2 aliphatic rings. The third-order valence-corrected chi connectivity index (χ3v) is 8.21. The number of amides is 1. The Kier molecular flexibility index (Phi) is 7.97. The number of hydrogen-bond donors (Lipinski definition) is 0. The molecule has 0 bridgehead atoms. The van der Waals surface area contributed by atoms with Crippen molar-refractivity contribution >= 4 is 17.2 Å². The van der Waals surface area contributed by atoms with Crippen LogP contribution in [0.2, 0.25) is 0 Å². The fourth-order valence-corrected chi connectivity index (χ4v) is 6.42. The minimum absolute atomic E-state index is 0.237. The van der Waals surface area contributed by atoms with Crippen LogP contribution in [-0.2, 0) is 24.1 Å². The number of hydrogen-bond acceptors (Lipinski definition) is 5. The minimum Gasteiger partial charge on any atom is -0.493 e. The molecule has 33 heavy (non-hydrogen) atoms. The first kappa shape index (κ1) is 24.1. The molecule has 0 aliphatic carbocycles. The van der Waals surface area contributed by atoms with Crippen molar-refractivity contribution in [2.75, 3.05) is 46.9 Å². The van der Waals surface area contributed by atoms with E-state index in [1.54, 1.807) is 14.2 Å². The number of rotatable bonds is 8. The highest BCUT2D eigenvalue weighted by Crippen LogP contribution is 2.33. The molecule has 1 amide bonds. The van der Waals surface area contributed by atoms with Crippen molar-refractivity contribution < 1.29 is 14.3 Å². The van der Waals surface area contributed by atoms with E-state index in [1.165, 1.54) is 53.1 Å². The van der Waals surface area contributed by atoms with Gasteiger partial charge in [-0.15, -0.1) is 11.3 Å². The molecule has 1 atom stereocenters. The summed E-state index contributed by atoms with van der Waals surface area (Å²) in [5.74, 6) is 2.25. The molecular formula is C27H38N2O3S. The van der Waals surface area contributed by atoms with Crippen molar-refractivity contribution in [2.24, 2.45) is 5.92 Å². The van der Waals surface area contributed by atoms with E-state index < -0.39 is 0 Å². The summed E-state index contributed by atoms with van der Waals surface area (Å²) in [6, 6.07) is 6.38. The Morgan fingerprint density at radius 3 is 2.52 bits per heavy atom. The molecule has 6 heteroatoms. The number of methoxy groups -OCH3 is 2. The second-order valence-corrected chi connectivity index (χ2v) is 11.1. The van der Waals surface area contributed by atoms with Gasteiger partial charge in [0.2, 0.25) is 5.91 Å². The van der Waals surface area contributed by atoms with Crippen LogP contribution in [0, 0.1) is 19.8 Å². The molecule has 2 aliphatic heterocycles. The third-order valence-electron chi connectivity index (χ3n) is 7.20. The van der Waals surface area contributed by atoms with Crippen LogP contribution in [-0.4, -0.2) is 62.7 Å². The second kappa shape index (κ2) is 10.9. The minimum atomic E-state index is 0.237. The van der Waals surface area contributed by atoms with Crippen LogP contribution in [0.25, 0.3) is 0 Å². The maximum atomic E-state index is 13.1. The lowest BCUT2D eigenvalue weighted by Crippen LogP contribution is -2.43. The Bertz CT molecular complexity index is 971. The van der Waals surface area contributed by atoms with Gasteiger partial charge in [0.05, 0.1) is 20.6 Å². The van der Waals surface area contributed by atoms with Gasteiger partial charge in [0.25, 0.3) is 0 Å². The number of piperidine rings is 1. The summed E-state index contributed by atoms with van der Waals surface area (Å²) >= 11 is 1.91. The van der Waals surface area contributed by atoms with Gasteiger partial charge in [-0.1, -0.05) is 0 Å². The predicted molar refractivity (Wildman–Crippen MR) is 135 cm³/mol. The second-order valence-electron chi connectivity index (χ2n) is 9.59. The lowest BCUT2D eigenvalue weighted by atomic mass is 9.96. The summed E-state index contributed by atoms with van der Waals surface area (Å²) in [5, 5.41) is 0. The van der Waals surface area contributed by atoms with E-state index >= 15 is 0 Å². The highest BCUT2D eigenvalue weighted by molar-refractivity contribution is 7.12. The van der Waals surface area contributed by atoms with E-state index in [-0.39, 0.29) is 5.91 Å². The predicted octanol–water partition coefficient (Wildman–Crippen LogP) is 4.65. The molecule has 4 rings (SSSR count). The molecule has 180 valence electrons. The molecule has 0 N–H and O–H groups in total. The maximum absolute atomic E-state index is 13.1. The van der Waals surface area contributed by atoms with Gasteiger partial charge in [-0.25, -0.2) is 0 Å². The molecule has 1 aromatic carbocycles. The fourth-order valence-electron chi connectivity index (χ4n) is 5.45. The molecular weight excluding hydrogens is 432 g/mol. The summed E-state index contributed by atoms with van der Waals surface area (Å²) in [5.41, 5.74) is 3.80. The molecule has 0 saturated carbocycles. The first-order valence-corrected chi connectivity index (χ1v) is 13.1. The van der Waals surface area contributed by atoms with Crippen molar-refractivity contribution in [1.82, 2.24) is 9.80 Å². The summed E-state index contributed by atoms with van der Waals surface area (Å²) in [7, 11) is 3.31. The lowest BCUT2D eigenvalue weighted by Gasteiger charge is -2.35. The number of likely N-dealkylation sites (tertiary alicyclic amines) is 1. The summed E-state index contributed by atoms with van der Waals surface area (Å²) in [4.78, 5) is 20.7. The number of ether oxygens (including phenoxy) is 2. The molecule has 1 unspecified atom stereocenters. The van der Waals surface area contributed by atoms with E-state index in [0.29, 0.717) is 18.1 Å². The number of nitrogens with zero attached hydrogens (tertiary/aromatic N) is 2. The van der Waals surface area contributed by atoms with Crippen LogP contribution < -0.4 is 9.47 Å². The smallest absolute Gasteiger partial charge is 0.227 e. The molecule has 5 nitrogen and oxygen atoms in total. The van der Waals surface area contributed by atoms with Crippen molar-refractivity contribution in [3.8, 4) is 11.5 Å². The Morgan fingerprint density at radius 1 is 1.06 bits per heavy atom. The molecule has 3 heterocycles. The van der Waals surface area contributed by atoms with Crippen LogP contribution in [0.1, 0.15) is 45.7 Å². The highest BCUT2D eigenvalue weighted by Gasteiger charge is 2.27. The fraction of sp³-hybridized carbons (Fsp3) is 0.593. The number of benzene rings is 1. The zero-order chi connectivity index (χ0) is 23.4.